The van der Waals surface area contributed by atoms with Gasteiger partial charge in [-0.25, -0.2) is 18.6 Å². The molecule has 2 amide bonds. The van der Waals surface area contributed by atoms with E-state index in [1.165, 1.54) is 6.07 Å². The fourth-order valence-corrected chi connectivity index (χ4v) is 4.74. The smallest absolute Gasteiger partial charge is 0.408 e. The van der Waals surface area contributed by atoms with Gasteiger partial charge in [0, 0.05) is 17.6 Å². The van der Waals surface area contributed by atoms with Gasteiger partial charge in [-0.15, -0.1) is 0 Å². The lowest BCUT2D eigenvalue weighted by Gasteiger charge is -2.19. The molecular formula is C33H29ClF2N4O4. The van der Waals surface area contributed by atoms with E-state index in [4.69, 9.17) is 21.1 Å². The lowest BCUT2D eigenvalue weighted by molar-refractivity contribution is -0.118. The number of imidazole rings is 1. The minimum Gasteiger partial charge on any atom is -0.485 e. The van der Waals surface area contributed by atoms with Crippen LogP contribution in [-0.2, 0) is 29.2 Å². The number of halogens is 3. The predicted molar refractivity (Wildman–Crippen MR) is 163 cm³/mol. The molecular weight excluding hydrogens is 590 g/mol. The van der Waals surface area contributed by atoms with Gasteiger partial charge in [0.2, 0.25) is 5.91 Å². The standard InChI is InChI=1S/C33H29ClF2N4O4/c1-20-15-29(43-19-25-26(35)9-6-10-27(25)36)31-37-21(2)30(40(31)17-20)39-32(41)28(16-22-11-13-24(34)14-12-22)38-33(42)44-18-23-7-4-3-5-8-23/h3-15,17,28H,16,18-19H2,1-2H3,(H,38,42)(H,39,41). The van der Waals surface area contributed by atoms with E-state index in [-0.39, 0.29) is 30.9 Å². The maximum absolute atomic E-state index is 14.2. The number of carbonyl (C=O) groups excluding carboxylic acids is 2. The first-order chi connectivity index (χ1) is 21.2. The number of nitrogens with one attached hydrogen (secondary N) is 2. The highest BCUT2D eigenvalue weighted by molar-refractivity contribution is 6.30. The largest absolute Gasteiger partial charge is 0.485 e. The molecule has 2 heterocycles. The molecule has 5 aromatic rings. The van der Waals surface area contributed by atoms with Crippen molar-refractivity contribution in [3.63, 3.8) is 0 Å². The number of nitrogens with zero attached hydrogens (tertiary/aromatic N) is 2. The summed E-state index contributed by atoms with van der Waals surface area (Å²) in [5.41, 5.74) is 2.90. The predicted octanol–water partition coefficient (Wildman–Crippen LogP) is 6.94. The zero-order valence-corrected chi connectivity index (χ0v) is 24.7. The van der Waals surface area contributed by atoms with Crippen LogP contribution in [-0.4, -0.2) is 27.4 Å². The van der Waals surface area contributed by atoms with Crippen molar-refractivity contribution in [2.24, 2.45) is 0 Å². The molecule has 0 fully saturated rings. The summed E-state index contributed by atoms with van der Waals surface area (Å²) in [5, 5.41) is 6.09. The van der Waals surface area contributed by atoms with Crippen LogP contribution in [0.1, 0.15) is 27.9 Å². The number of ether oxygens (including phenoxy) is 2. The summed E-state index contributed by atoms with van der Waals surface area (Å²) >= 11 is 6.03. The Morgan fingerprint density at radius 1 is 0.932 bits per heavy atom. The molecule has 0 aliphatic carbocycles. The van der Waals surface area contributed by atoms with Crippen LogP contribution >= 0.6 is 11.6 Å². The second-order valence-electron chi connectivity index (χ2n) is 10.2. The first-order valence-electron chi connectivity index (χ1n) is 13.8. The van der Waals surface area contributed by atoms with Gasteiger partial charge in [0.05, 0.1) is 11.3 Å². The molecule has 1 unspecified atom stereocenters. The fraction of sp³-hybridized carbons (Fsp3) is 0.182. The molecule has 0 spiro atoms. The first kappa shape index (κ1) is 30.5. The Morgan fingerprint density at radius 3 is 2.34 bits per heavy atom. The summed E-state index contributed by atoms with van der Waals surface area (Å²) in [4.78, 5) is 31.0. The lowest BCUT2D eigenvalue weighted by Crippen LogP contribution is -2.45. The number of aryl methyl sites for hydroxylation is 2. The van der Waals surface area contributed by atoms with E-state index in [1.54, 1.807) is 47.9 Å². The number of carbonyl (C=O) groups is 2. The SMILES string of the molecule is Cc1cc(OCc2c(F)cccc2F)c2nc(C)c(NC(=O)C(Cc3ccc(Cl)cc3)NC(=O)OCc3ccccc3)n2c1. The highest BCUT2D eigenvalue weighted by Gasteiger charge is 2.25. The molecule has 0 aliphatic heterocycles. The van der Waals surface area contributed by atoms with Gasteiger partial charge < -0.3 is 20.1 Å². The topological polar surface area (TPSA) is 94.0 Å². The van der Waals surface area contributed by atoms with Crippen molar-refractivity contribution in [1.29, 1.82) is 0 Å². The number of pyridine rings is 1. The van der Waals surface area contributed by atoms with E-state index in [1.807, 2.05) is 37.3 Å². The summed E-state index contributed by atoms with van der Waals surface area (Å²) in [5.74, 6) is -1.34. The van der Waals surface area contributed by atoms with E-state index in [2.05, 4.69) is 15.6 Å². The molecule has 8 nitrogen and oxygen atoms in total. The van der Waals surface area contributed by atoms with E-state index >= 15 is 0 Å². The Kier molecular flexibility index (Phi) is 9.40. The summed E-state index contributed by atoms with van der Waals surface area (Å²) in [7, 11) is 0. The summed E-state index contributed by atoms with van der Waals surface area (Å²) in [6, 6.07) is 20.4. The average Bonchev–Trinajstić information content (AvgIpc) is 3.31. The summed E-state index contributed by atoms with van der Waals surface area (Å²) in [6.45, 7) is 3.19. The monoisotopic (exact) mass is 618 g/mol. The second-order valence-corrected chi connectivity index (χ2v) is 10.6. The van der Waals surface area contributed by atoms with Crippen molar-refractivity contribution in [1.82, 2.24) is 14.7 Å². The number of hydrogen-bond donors (Lipinski definition) is 2. The van der Waals surface area contributed by atoms with Crippen LogP contribution < -0.4 is 15.4 Å². The zero-order valence-electron chi connectivity index (χ0n) is 23.9. The van der Waals surface area contributed by atoms with Crippen LogP contribution in [0, 0.1) is 25.5 Å². The van der Waals surface area contributed by atoms with Crippen molar-refractivity contribution in [3.05, 3.63) is 130 Å². The molecule has 0 saturated heterocycles. The van der Waals surface area contributed by atoms with Gasteiger partial charge in [0.25, 0.3) is 0 Å². The molecule has 11 heteroatoms. The molecule has 2 aromatic heterocycles. The van der Waals surface area contributed by atoms with Crippen LogP contribution in [0.5, 0.6) is 5.75 Å². The molecule has 44 heavy (non-hydrogen) atoms. The van der Waals surface area contributed by atoms with E-state index in [9.17, 15) is 18.4 Å². The second kappa shape index (κ2) is 13.6. The third kappa shape index (κ3) is 7.33. The lowest BCUT2D eigenvalue weighted by atomic mass is 10.1. The van der Waals surface area contributed by atoms with Gasteiger partial charge in [-0.3, -0.25) is 9.20 Å². The maximum Gasteiger partial charge on any atom is 0.408 e. The number of anilines is 1. The number of aromatic nitrogens is 2. The molecule has 2 N–H and O–H groups in total. The quantitative estimate of drug-likeness (QED) is 0.177. The highest BCUT2D eigenvalue weighted by atomic mass is 35.5. The number of alkyl carbamates (subject to hydrolysis) is 1. The number of hydrogen-bond acceptors (Lipinski definition) is 5. The van der Waals surface area contributed by atoms with Gasteiger partial charge in [-0.1, -0.05) is 60.1 Å². The molecule has 0 radical (unpaired) electrons. The Hall–Kier alpha value is -4.96. The number of fused-ring (bicyclic) bond motifs is 1. The van der Waals surface area contributed by atoms with Gasteiger partial charge >= 0.3 is 6.09 Å². The van der Waals surface area contributed by atoms with Gasteiger partial charge in [0.15, 0.2) is 11.4 Å². The van der Waals surface area contributed by atoms with E-state index in [0.29, 0.717) is 22.2 Å². The molecule has 0 saturated carbocycles. The van der Waals surface area contributed by atoms with Gasteiger partial charge in [-0.05, 0) is 60.9 Å². The van der Waals surface area contributed by atoms with E-state index in [0.717, 1.165) is 28.8 Å². The fourth-order valence-electron chi connectivity index (χ4n) is 4.61. The number of amides is 2. The average molecular weight is 619 g/mol. The summed E-state index contributed by atoms with van der Waals surface area (Å²) in [6.07, 6.45) is 1.14. The molecule has 5 rings (SSSR count). The van der Waals surface area contributed by atoms with Gasteiger partial charge in [0.1, 0.15) is 36.7 Å². The third-order valence-corrected chi connectivity index (χ3v) is 7.10. The number of benzene rings is 3. The Morgan fingerprint density at radius 2 is 1.64 bits per heavy atom. The highest BCUT2D eigenvalue weighted by Crippen LogP contribution is 2.28. The molecule has 226 valence electrons. The number of rotatable bonds is 10. The minimum atomic E-state index is -1.02. The molecule has 0 bridgehead atoms. The van der Waals surface area contributed by atoms with Crippen LogP contribution in [0.15, 0.2) is 85.1 Å². The third-order valence-electron chi connectivity index (χ3n) is 6.85. The van der Waals surface area contributed by atoms with Crippen molar-refractivity contribution < 1.29 is 27.8 Å². The Balaban J connectivity index is 1.37. The maximum atomic E-state index is 14.2. The Labute approximate surface area is 257 Å². The first-order valence-corrected chi connectivity index (χ1v) is 14.1. The minimum absolute atomic E-state index is 0.0349. The van der Waals surface area contributed by atoms with Crippen LogP contribution in [0.25, 0.3) is 5.65 Å². The van der Waals surface area contributed by atoms with Crippen LogP contribution in [0.2, 0.25) is 5.02 Å². The van der Waals surface area contributed by atoms with Crippen molar-refractivity contribution in [2.75, 3.05) is 5.32 Å². The molecule has 3 aromatic carbocycles. The van der Waals surface area contributed by atoms with Crippen molar-refractivity contribution in [3.8, 4) is 5.75 Å². The van der Waals surface area contributed by atoms with Crippen LogP contribution in [0.4, 0.5) is 19.4 Å². The zero-order chi connectivity index (χ0) is 31.2. The summed E-state index contributed by atoms with van der Waals surface area (Å²) < 4.78 is 41.2. The Bertz CT molecular complexity index is 1780. The van der Waals surface area contributed by atoms with Crippen molar-refractivity contribution >= 4 is 35.1 Å². The molecule has 1 atom stereocenters. The molecule has 0 aliphatic rings. The van der Waals surface area contributed by atoms with E-state index < -0.39 is 29.7 Å². The van der Waals surface area contributed by atoms with Crippen molar-refractivity contribution in [2.45, 2.75) is 39.5 Å². The normalized spacial score (nSPS) is 11.7. The van der Waals surface area contributed by atoms with Crippen LogP contribution in [0.3, 0.4) is 0 Å². The van der Waals surface area contributed by atoms with Gasteiger partial charge in [-0.2, -0.15) is 0 Å².